The van der Waals surface area contributed by atoms with Crippen molar-refractivity contribution in [2.24, 2.45) is 17.6 Å². The Bertz CT molecular complexity index is 706. The molecule has 3 heteroatoms. The molecule has 2 N–H and O–H groups in total. The average molecular weight is 294 g/mol. The van der Waals surface area contributed by atoms with Crippen molar-refractivity contribution in [2.75, 3.05) is 13.1 Å². The van der Waals surface area contributed by atoms with Crippen molar-refractivity contribution >= 4 is 16.7 Å². The van der Waals surface area contributed by atoms with Crippen LogP contribution in [0.3, 0.4) is 0 Å². The molecule has 0 spiro atoms. The molecule has 2 fully saturated rings. The van der Waals surface area contributed by atoms with E-state index in [0.29, 0.717) is 24.3 Å². The molecule has 3 nitrogen and oxygen atoms in total. The lowest BCUT2D eigenvalue weighted by Gasteiger charge is -2.19. The summed E-state index contributed by atoms with van der Waals surface area (Å²) in [6.45, 7) is 1.76. The zero-order valence-electron chi connectivity index (χ0n) is 12.7. The molecule has 1 saturated heterocycles. The van der Waals surface area contributed by atoms with Gasteiger partial charge in [0.15, 0.2) is 0 Å². The van der Waals surface area contributed by atoms with Crippen LogP contribution >= 0.6 is 0 Å². The van der Waals surface area contributed by atoms with Crippen molar-refractivity contribution in [3.63, 3.8) is 0 Å². The molecule has 0 aromatic heterocycles. The zero-order chi connectivity index (χ0) is 15.1. The number of rotatable bonds is 2. The van der Waals surface area contributed by atoms with E-state index < -0.39 is 0 Å². The molecule has 2 aliphatic rings. The van der Waals surface area contributed by atoms with E-state index in [1.807, 2.05) is 23.1 Å². The Balaban J connectivity index is 1.52. The third kappa shape index (κ3) is 2.30. The summed E-state index contributed by atoms with van der Waals surface area (Å²) < 4.78 is 0. The predicted molar refractivity (Wildman–Crippen MR) is 88.4 cm³/mol. The predicted octanol–water partition coefficient (Wildman–Crippen LogP) is 2.58. The number of carbonyl (C=O) groups excluding carboxylic acids is 1. The molecule has 4 rings (SSSR count). The lowest BCUT2D eigenvalue weighted by Crippen LogP contribution is -2.34. The number of hydrogen-bond donors (Lipinski definition) is 1. The van der Waals surface area contributed by atoms with E-state index in [0.717, 1.165) is 25.1 Å². The van der Waals surface area contributed by atoms with E-state index in [4.69, 9.17) is 5.73 Å². The second kappa shape index (κ2) is 5.40. The van der Waals surface area contributed by atoms with Gasteiger partial charge in [0.05, 0.1) is 6.42 Å². The molecular weight excluding hydrogens is 272 g/mol. The Labute approximate surface area is 131 Å². The number of nitrogens with zero attached hydrogens (tertiary/aromatic N) is 1. The summed E-state index contributed by atoms with van der Waals surface area (Å²) in [6.07, 6.45) is 2.81. The number of carbonyl (C=O) groups is 1. The molecule has 0 bridgehead atoms. The number of benzene rings is 2. The molecule has 2 aromatic carbocycles. The SMILES string of the molecule is NC1CCC2CN(C(=O)Cc3cccc4ccccc34)CC12. The average Bonchev–Trinajstić information content (AvgIpc) is 3.10. The summed E-state index contributed by atoms with van der Waals surface area (Å²) in [5.74, 6) is 1.40. The van der Waals surface area contributed by atoms with Gasteiger partial charge in [0.25, 0.3) is 0 Å². The highest BCUT2D eigenvalue weighted by Crippen LogP contribution is 2.37. The van der Waals surface area contributed by atoms with Gasteiger partial charge in [-0.25, -0.2) is 0 Å². The van der Waals surface area contributed by atoms with Gasteiger partial charge in [-0.3, -0.25) is 4.79 Å². The third-order valence-corrected chi connectivity index (χ3v) is 5.49. The molecule has 1 aliphatic heterocycles. The number of amides is 1. The summed E-state index contributed by atoms with van der Waals surface area (Å²) in [5, 5.41) is 2.39. The van der Waals surface area contributed by atoms with E-state index in [9.17, 15) is 4.79 Å². The first kappa shape index (κ1) is 13.8. The van der Waals surface area contributed by atoms with Crippen molar-refractivity contribution in [1.82, 2.24) is 4.90 Å². The molecule has 3 atom stereocenters. The topological polar surface area (TPSA) is 46.3 Å². The van der Waals surface area contributed by atoms with Gasteiger partial charge in [-0.05, 0) is 41.0 Å². The van der Waals surface area contributed by atoms with E-state index in [1.165, 1.54) is 17.2 Å². The van der Waals surface area contributed by atoms with Crippen molar-refractivity contribution in [3.8, 4) is 0 Å². The Morgan fingerprint density at radius 3 is 2.77 bits per heavy atom. The smallest absolute Gasteiger partial charge is 0.227 e. The molecule has 1 saturated carbocycles. The summed E-state index contributed by atoms with van der Waals surface area (Å²) in [7, 11) is 0. The van der Waals surface area contributed by atoms with Gasteiger partial charge in [-0.1, -0.05) is 42.5 Å². The Morgan fingerprint density at radius 2 is 1.91 bits per heavy atom. The lowest BCUT2D eigenvalue weighted by molar-refractivity contribution is -0.129. The van der Waals surface area contributed by atoms with Crippen molar-refractivity contribution < 1.29 is 4.79 Å². The standard InChI is InChI=1S/C19H22N2O/c20-18-9-8-15-11-21(12-17(15)18)19(22)10-14-6-3-5-13-4-1-2-7-16(13)14/h1-7,15,17-18H,8-12,20H2. The van der Waals surface area contributed by atoms with Crippen LogP contribution in [0.4, 0.5) is 0 Å². The fraction of sp³-hybridized carbons (Fsp3) is 0.421. The van der Waals surface area contributed by atoms with Gasteiger partial charge in [0, 0.05) is 19.1 Å². The number of nitrogens with two attached hydrogens (primary N) is 1. The molecule has 1 amide bonds. The highest BCUT2D eigenvalue weighted by atomic mass is 16.2. The van der Waals surface area contributed by atoms with Gasteiger partial charge < -0.3 is 10.6 Å². The number of likely N-dealkylation sites (tertiary alicyclic amines) is 1. The highest BCUT2D eigenvalue weighted by molar-refractivity contribution is 5.90. The minimum absolute atomic E-state index is 0.248. The first-order chi connectivity index (χ1) is 10.7. The maximum Gasteiger partial charge on any atom is 0.227 e. The molecule has 0 radical (unpaired) electrons. The normalized spacial score (nSPS) is 27.3. The maximum atomic E-state index is 12.7. The minimum atomic E-state index is 0.248. The Hall–Kier alpha value is -1.87. The van der Waals surface area contributed by atoms with Crippen LogP contribution in [0.2, 0.25) is 0 Å². The van der Waals surface area contributed by atoms with Crippen LogP contribution in [0, 0.1) is 11.8 Å². The van der Waals surface area contributed by atoms with Gasteiger partial charge in [0.2, 0.25) is 5.91 Å². The summed E-state index contributed by atoms with van der Waals surface area (Å²) in [5.41, 5.74) is 7.30. The van der Waals surface area contributed by atoms with Crippen LogP contribution in [-0.4, -0.2) is 29.9 Å². The largest absolute Gasteiger partial charge is 0.342 e. The van der Waals surface area contributed by atoms with E-state index >= 15 is 0 Å². The molecule has 1 heterocycles. The van der Waals surface area contributed by atoms with Gasteiger partial charge in [-0.2, -0.15) is 0 Å². The Kier molecular flexibility index (Phi) is 3.38. The van der Waals surface area contributed by atoms with Crippen molar-refractivity contribution in [1.29, 1.82) is 0 Å². The molecule has 2 aromatic rings. The Morgan fingerprint density at radius 1 is 1.09 bits per heavy atom. The van der Waals surface area contributed by atoms with E-state index in [2.05, 4.69) is 24.3 Å². The monoisotopic (exact) mass is 294 g/mol. The molecule has 22 heavy (non-hydrogen) atoms. The van der Waals surface area contributed by atoms with Crippen molar-refractivity contribution in [2.45, 2.75) is 25.3 Å². The first-order valence-electron chi connectivity index (χ1n) is 8.22. The molecule has 114 valence electrons. The maximum absolute atomic E-state index is 12.7. The highest BCUT2D eigenvalue weighted by Gasteiger charge is 2.42. The number of hydrogen-bond acceptors (Lipinski definition) is 2. The van der Waals surface area contributed by atoms with Crippen molar-refractivity contribution in [3.05, 3.63) is 48.0 Å². The summed E-state index contributed by atoms with van der Waals surface area (Å²) >= 11 is 0. The summed E-state index contributed by atoms with van der Waals surface area (Å²) in [4.78, 5) is 14.7. The quantitative estimate of drug-likeness (QED) is 0.925. The minimum Gasteiger partial charge on any atom is -0.342 e. The zero-order valence-corrected chi connectivity index (χ0v) is 12.7. The molecule has 1 aliphatic carbocycles. The van der Waals surface area contributed by atoms with Crippen LogP contribution in [0.15, 0.2) is 42.5 Å². The van der Waals surface area contributed by atoms with Crippen LogP contribution in [-0.2, 0) is 11.2 Å². The van der Waals surface area contributed by atoms with Gasteiger partial charge in [-0.15, -0.1) is 0 Å². The first-order valence-corrected chi connectivity index (χ1v) is 8.22. The fourth-order valence-electron chi connectivity index (χ4n) is 4.23. The van der Waals surface area contributed by atoms with Gasteiger partial charge >= 0.3 is 0 Å². The van der Waals surface area contributed by atoms with Crippen LogP contribution < -0.4 is 5.73 Å². The van der Waals surface area contributed by atoms with Crippen LogP contribution in [0.5, 0.6) is 0 Å². The molecular formula is C19H22N2O. The second-order valence-electron chi connectivity index (χ2n) is 6.78. The second-order valence-corrected chi connectivity index (χ2v) is 6.78. The van der Waals surface area contributed by atoms with Gasteiger partial charge in [0.1, 0.15) is 0 Å². The van der Waals surface area contributed by atoms with E-state index in [-0.39, 0.29) is 5.91 Å². The van der Waals surface area contributed by atoms with Crippen LogP contribution in [0.25, 0.3) is 10.8 Å². The molecule has 3 unspecified atom stereocenters. The number of fused-ring (bicyclic) bond motifs is 2. The third-order valence-electron chi connectivity index (χ3n) is 5.49. The summed E-state index contributed by atoms with van der Waals surface area (Å²) in [6, 6.07) is 14.8. The lowest BCUT2D eigenvalue weighted by atomic mass is 9.98. The fourth-order valence-corrected chi connectivity index (χ4v) is 4.23. The van der Waals surface area contributed by atoms with Crippen LogP contribution in [0.1, 0.15) is 18.4 Å². The van der Waals surface area contributed by atoms with E-state index in [1.54, 1.807) is 0 Å².